The Bertz CT molecular complexity index is 1100. The fourth-order valence-corrected chi connectivity index (χ4v) is 2.69. The van der Waals surface area contributed by atoms with Crippen LogP contribution >= 0.6 is 0 Å². The van der Waals surface area contributed by atoms with Crippen molar-refractivity contribution in [3.05, 3.63) is 79.8 Å². The van der Waals surface area contributed by atoms with Gasteiger partial charge in [0, 0.05) is 24.0 Å². The van der Waals surface area contributed by atoms with Crippen molar-refractivity contribution >= 4 is 17.6 Å². The number of nitrogens with one attached hydrogen (secondary N) is 1. The highest BCUT2D eigenvalue weighted by molar-refractivity contribution is 5.84. The molecule has 0 aliphatic heterocycles. The van der Waals surface area contributed by atoms with Crippen molar-refractivity contribution in [2.75, 3.05) is 7.11 Å². The highest BCUT2D eigenvalue weighted by Gasteiger charge is 2.13. The fourth-order valence-electron chi connectivity index (χ4n) is 2.69. The lowest BCUT2D eigenvalue weighted by Crippen LogP contribution is -2.17. The van der Waals surface area contributed by atoms with Gasteiger partial charge in [-0.05, 0) is 37.6 Å². The Morgan fingerprint density at radius 3 is 2.67 bits per heavy atom. The van der Waals surface area contributed by atoms with E-state index in [4.69, 9.17) is 4.74 Å². The molecule has 8 nitrogen and oxygen atoms in total. The monoisotopic (exact) mass is 366 g/mol. The lowest BCUT2D eigenvalue weighted by molar-refractivity contribution is -0.384. The summed E-state index contributed by atoms with van der Waals surface area (Å²) in [5.74, 6) is 0.379. The molecule has 1 aromatic heterocycles. The van der Waals surface area contributed by atoms with Crippen LogP contribution in [0.5, 0.6) is 5.75 Å². The third-order valence-electron chi connectivity index (χ3n) is 4.08. The fraction of sp³-hybridized carbons (Fsp3) is 0.158. The van der Waals surface area contributed by atoms with Crippen molar-refractivity contribution in [1.82, 2.24) is 9.78 Å². The smallest absolute Gasteiger partial charge is 0.280 e. The van der Waals surface area contributed by atoms with Crippen molar-refractivity contribution in [1.29, 1.82) is 0 Å². The lowest BCUT2D eigenvalue weighted by atomic mass is 10.2. The Morgan fingerprint density at radius 2 is 2.00 bits per heavy atom. The maximum absolute atomic E-state index is 12.8. The number of H-pyrrole nitrogens is 1. The van der Waals surface area contributed by atoms with Crippen molar-refractivity contribution in [2.45, 2.75) is 13.8 Å². The van der Waals surface area contributed by atoms with Crippen molar-refractivity contribution in [3.63, 3.8) is 0 Å². The van der Waals surface area contributed by atoms with E-state index in [0.29, 0.717) is 17.0 Å². The molecule has 0 atom stereocenters. The van der Waals surface area contributed by atoms with E-state index < -0.39 is 4.92 Å². The summed E-state index contributed by atoms with van der Waals surface area (Å²) < 4.78 is 6.63. The molecule has 0 spiro atoms. The Labute approximate surface area is 154 Å². The summed E-state index contributed by atoms with van der Waals surface area (Å²) in [5, 5.41) is 14.0. The molecule has 0 saturated carbocycles. The maximum Gasteiger partial charge on any atom is 0.280 e. The van der Waals surface area contributed by atoms with Gasteiger partial charge in [0.1, 0.15) is 11.4 Å². The predicted molar refractivity (Wildman–Crippen MR) is 103 cm³/mol. The number of hydrogen-bond acceptors (Lipinski definition) is 5. The van der Waals surface area contributed by atoms with Gasteiger partial charge in [0.2, 0.25) is 0 Å². The summed E-state index contributed by atoms with van der Waals surface area (Å²) in [4.78, 5) is 27.5. The van der Waals surface area contributed by atoms with Gasteiger partial charge in [-0.2, -0.15) is 0 Å². The Morgan fingerprint density at radius 1 is 1.22 bits per heavy atom. The van der Waals surface area contributed by atoms with Crippen LogP contribution in [0, 0.1) is 24.0 Å². The summed E-state index contributed by atoms with van der Waals surface area (Å²) >= 11 is 0. The van der Waals surface area contributed by atoms with Gasteiger partial charge in [0.25, 0.3) is 11.2 Å². The van der Waals surface area contributed by atoms with Gasteiger partial charge < -0.3 is 4.74 Å². The Kier molecular flexibility index (Phi) is 4.89. The molecule has 0 saturated heterocycles. The zero-order valence-corrected chi connectivity index (χ0v) is 15.1. The molecule has 138 valence electrons. The van der Waals surface area contributed by atoms with Gasteiger partial charge >= 0.3 is 0 Å². The topological polar surface area (TPSA) is 103 Å². The van der Waals surface area contributed by atoms with Crippen LogP contribution in [0.1, 0.15) is 16.8 Å². The van der Waals surface area contributed by atoms with Crippen LogP contribution in [0.3, 0.4) is 0 Å². The lowest BCUT2D eigenvalue weighted by Gasteiger charge is -2.03. The average Bonchev–Trinajstić information content (AvgIpc) is 2.93. The summed E-state index contributed by atoms with van der Waals surface area (Å²) in [7, 11) is 1.45. The third kappa shape index (κ3) is 3.64. The molecule has 27 heavy (non-hydrogen) atoms. The van der Waals surface area contributed by atoms with Crippen LogP contribution in [0.25, 0.3) is 5.69 Å². The number of aromatic amines is 1. The van der Waals surface area contributed by atoms with Gasteiger partial charge in [-0.1, -0.05) is 12.1 Å². The number of nitro benzene ring substituents is 1. The second-order valence-electron chi connectivity index (χ2n) is 6.00. The first-order chi connectivity index (χ1) is 12.9. The first-order valence-corrected chi connectivity index (χ1v) is 8.16. The van der Waals surface area contributed by atoms with Crippen LogP contribution in [0.2, 0.25) is 0 Å². The molecule has 0 fully saturated rings. The molecule has 0 aliphatic carbocycles. The van der Waals surface area contributed by atoms with E-state index in [0.717, 1.165) is 11.3 Å². The minimum absolute atomic E-state index is 0.106. The first-order valence-electron chi connectivity index (χ1n) is 8.16. The number of rotatable bonds is 5. The first kappa shape index (κ1) is 18.1. The molecule has 1 heterocycles. The Hall–Kier alpha value is -3.68. The standard InChI is InChI=1S/C19H18N4O4/c1-12-5-4-6-14(9-12)22-19(24)16(13(2)21-22)11-20-17-10-15(23(25)26)7-8-18(17)27-3/h4-11,21H,1-3H3. The number of ether oxygens (including phenoxy) is 1. The second-order valence-corrected chi connectivity index (χ2v) is 6.00. The van der Waals surface area contributed by atoms with Crippen LogP contribution in [-0.2, 0) is 0 Å². The molecule has 2 aromatic carbocycles. The van der Waals surface area contributed by atoms with Gasteiger partial charge in [0.15, 0.2) is 0 Å². The molecule has 3 aromatic rings. The van der Waals surface area contributed by atoms with Crippen LogP contribution in [-0.4, -0.2) is 28.0 Å². The van der Waals surface area contributed by atoms with Crippen LogP contribution in [0.4, 0.5) is 11.4 Å². The Balaban J connectivity index is 2.03. The third-order valence-corrected chi connectivity index (χ3v) is 4.08. The number of nitro groups is 1. The molecular formula is C19H18N4O4. The molecule has 0 unspecified atom stereocenters. The number of benzene rings is 2. The molecule has 3 rings (SSSR count). The minimum Gasteiger partial charge on any atom is -0.494 e. The molecule has 1 N–H and O–H groups in total. The second kappa shape index (κ2) is 7.28. The van der Waals surface area contributed by atoms with Crippen LogP contribution < -0.4 is 10.3 Å². The highest BCUT2D eigenvalue weighted by Crippen LogP contribution is 2.31. The average molecular weight is 366 g/mol. The quantitative estimate of drug-likeness (QED) is 0.424. The SMILES string of the molecule is COc1ccc([N+](=O)[O-])cc1N=Cc1c(C)[nH]n(-c2cccc(C)c2)c1=O. The summed E-state index contributed by atoms with van der Waals surface area (Å²) in [5.41, 5.74) is 2.66. The van der Waals surface area contributed by atoms with Crippen molar-refractivity contribution < 1.29 is 9.66 Å². The minimum atomic E-state index is -0.509. The predicted octanol–water partition coefficient (Wildman–Crippen LogP) is 3.45. The van der Waals surface area contributed by atoms with E-state index in [-0.39, 0.29) is 16.9 Å². The highest BCUT2D eigenvalue weighted by atomic mass is 16.6. The maximum atomic E-state index is 12.8. The molecule has 0 amide bonds. The number of methoxy groups -OCH3 is 1. The zero-order valence-electron chi connectivity index (χ0n) is 15.1. The number of non-ortho nitro benzene ring substituents is 1. The number of aromatic nitrogens is 2. The molecular weight excluding hydrogens is 348 g/mol. The van der Waals surface area contributed by atoms with E-state index in [1.807, 2.05) is 31.2 Å². The van der Waals surface area contributed by atoms with Crippen LogP contribution in [0.15, 0.2) is 52.3 Å². The summed E-state index contributed by atoms with van der Waals surface area (Å²) in [6.45, 7) is 3.71. The van der Waals surface area contributed by atoms with E-state index in [9.17, 15) is 14.9 Å². The van der Waals surface area contributed by atoms with Gasteiger partial charge in [-0.15, -0.1) is 0 Å². The summed E-state index contributed by atoms with van der Waals surface area (Å²) in [6, 6.07) is 11.6. The number of aryl methyl sites for hydroxylation is 2. The normalized spacial score (nSPS) is 11.1. The van der Waals surface area contributed by atoms with E-state index in [1.165, 1.54) is 36.2 Å². The summed E-state index contributed by atoms with van der Waals surface area (Å²) in [6.07, 6.45) is 1.39. The van der Waals surface area contributed by atoms with E-state index >= 15 is 0 Å². The van der Waals surface area contributed by atoms with Gasteiger partial charge in [-0.3, -0.25) is 25.0 Å². The molecule has 8 heteroatoms. The molecule has 0 radical (unpaired) electrons. The van der Waals surface area contributed by atoms with Crippen molar-refractivity contribution in [3.8, 4) is 11.4 Å². The molecule has 0 bridgehead atoms. The van der Waals surface area contributed by atoms with E-state index in [2.05, 4.69) is 10.1 Å². The largest absolute Gasteiger partial charge is 0.494 e. The van der Waals surface area contributed by atoms with Gasteiger partial charge in [0.05, 0.1) is 23.3 Å². The zero-order chi connectivity index (χ0) is 19.6. The number of aliphatic imine (C=N–C) groups is 1. The van der Waals surface area contributed by atoms with Crippen molar-refractivity contribution in [2.24, 2.45) is 4.99 Å². The number of nitrogens with zero attached hydrogens (tertiary/aromatic N) is 3. The van der Waals surface area contributed by atoms with Gasteiger partial charge in [-0.25, -0.2) is 4.68 Å². The van der Waals surface area contributed by atoms with E-state index in [1.54, 1.807) is 6.92 Å². The molecule has 0 aliphatic rings. The number of hydrogen-bond donors (Lipinski definition) is 1.